The van der Waals surface area contributed by atoms with Crippen molar-refractivity contribution < 1.29 is 37.0 Å². The van der Waals surface area contributed by atoms with E-state index in [4.69, 9.17) is 4.74 Å². The van der Waals surface area contributed by atoms with Crippen molar-refractivity contribution in [3.8, 4) is 0 Å². The third-order valence-corrected chi connectivity index (χ3v) is 4.31. The van der Waals surface area contributed by atoms with Gasteiger partial charge >= 0.3 is 18.2 Å². The fourth-order valence-corrected chi connectivity index (χ4v) is 2.77. The number of alkyl halides is 3. The van der Waals surface area contributed by atoms with Crippen molar-refractivity contribution in [1.82, 2.24) is 4.90 Å². The van der Waals surface area contributed by atoms with Gasteiger partial charge < -0.3 is 19.7 Å². The summed E-state index contributed by atoms with van der Waals surface area (Å²) < 4.78 is 45.6. The summed E-state index contributed by atoms with van der Waals surface area (Å²) in [5.41, 5.74) is 0.885. The minimum Gasteiger partial charge on any atom is -0.462 e. The van der Waals surface area contributed by atoms with Gasteiger partial charge in [0.25, 0.3) is 0 Å². The van der Waals surface area contributed by atoms with E-state index in [1.165, 1.54) is 0 Å². The zero-order valence-corrected chi connectivity index (χ0v) is 16.0. The number of halogens is 3. The number of hydrogen-bond donors (Lipinski definition) is 1. The number of likely N-dealkylation sites (tertiary alicyclic amines) is 1. The van der Waals surface area contributed by atoms with Crippen LogP contribution < -0.4 is 5.32 Å². The van der Waals surface area contributed by atoms with E-state index >= 15 is 0 Å². The van der Waals surface area contributed by atoms with E-state index < -0.39 is 24.8 Å². The van der Waals surface area contributed by atoms with Gasteiger partial charge in [0.2, 0.25) is 5.91 Å². The summed E-state index contributed by atoms with van der Waals surface area (Å²) in [6.45, 7) is 0.865. The lowest BCUT2D eigenvalue weighted by molar-refractivity contribution is -0.162. The van der Waals surface area contributed by atoms with Crippen LogP contribution in [0.4, 0.5) is 23.7 Å². The summed E-state index contributed by atoms with van der Waals surface area (Å²) >= 11 is 0. The van der Waals surface area contributed by atoms with Gasteiger partial charge in [0.1, 0.15) is 0 Å². The Balaban J connectivity index is 1.79. The fourth-order valence-electron chi connectivity index (χ4n) is 2.77. The monoisotopic (exact) mass is 416 g/mol. The van der Waals surface area contributed by atoms with Crippen LogP contribution in [0, 0.1) is 5.92 Å². The van der Waals surface area contributed by atoms with Crippen LogP contribution in [0.1, 0.15) is 36.5 Å². The molecule has 0 aromatic heterocycles. The van der Waals surface area contributed by atoms with E-state index in [2.05, 4.69) is 10.1 Å². The first-order valence-corrected chi connectivity index (χ1v) is 9.26. The highest BCUT2D eigenvalue weighted by Gasteiger charge is 2.33. The van der Waals surface area contributed by atoms with Crippen molar-refractivity contribution in [2.75, 3.05) is 31.6 Å². The van der Waals surface area contributed by atoms with Crippen LogP contribution in [0.5, 0.6) is 0 Å². The molecule has 1 aromatic rings. The lowest BCUT2D eigenvalue weighted by Gasteiger charge is -2.30. The zero-order chi connectivity index (χ0) is 21.4. The van der Waals surface area contributed by atoms with Crippen LogP contribution in [-0.2, 0) is 14.3 Å². The molecule has 10 heteroatoms. The standard InChI is InChI=1S/C19H23F3N2O5/c1-2-11-28-17(26)14-3-5-15(6-4-14)23-16(25)13-7-9-24(10-8-13)18(27)29-12-19(20,21)22/h3-6,13H,2,7-12H2,1H3,(H,23,25). The highest BCUT2D eigenvalue weighted by atomic mass is 19.4. The van der Waals surface area contributed by atoms with E-state index in [1.54, 1.807) is 24.3 Å². The summed E-state index contributed by atoms with van der Waals surface area (Å²) in [6, 6.07) is 6.27. The largest absolute Gasteiger partial charge is 0.462 e. The molecule has 1 saturated heterocycles. The van der Waals surface area contributed by atoms with Gasteiger partial charge in [0.15, 0.2) is 6.61 Å². The fraction of sp³-hybridized carbons (Fsp3) is 0.526. The molecule has 0 radical (unpaired) electrons. The quantitative estimate of drug-likeness (QED) is 0.717. The Labute approximate surface area is 166 Å². The number of piperidine rings is 1. The van der Waals surface area contributed by atoms with E-state index in [0.717, 1.165) is 11.3 Å². The van der Waals surface area contributed by atoms with Crippen molar-refractivity contribution in [1.29, 1.82) is 0 Å². The average Bonchev–Trinajstić information content (AvgIpc) is 2.70. The van der Waals surface area contributed by atoms with Gasteiger partial charge in [-0.15, -0.1) is 0 Å². The van der Waals surface area contributed by atoms with Crippen molar-refractivity contribution in [2.45, 2.75) is 32.4 Å². The Morgan fingerprint density at radius 2 is 1.72 bits per heavy atom. The molecule has 0 aliphatic carbocycles. The summed E-state index contributed by atoms with van der Waals surface area (Å²) in [4.78, 5) is 36.9. The molecule has 0 unspecified atom stereocenters. The first-order chi connectivity index (χ1) is 13.7. The Morgan fingerprint density at radius 1 is 1.10 bits per heavy atom. The van der Waals surface area contributed by atoms with Crippen LogP contribution >= 0.6 is 0 Å². The topological polar surface area (TPSA) is 84.9 Å². The highest BCUT2D eigenvalue weighted by Crippen LogP contribution is 2.21. The molecule has 1 N–H and O–H groups in total. The summed E-state index contributed by atoms with van der Waals surface area (Å²) in [5, 5.41) is 2.74. The van der Waals surface area contributed by atoms with Crippen LogP contribution in [0.2, 0.25) is 0 Å². The second-order valence-electron chi connectivity index (χ2n) is 6.63. The molecule has 1 fully saturated rings. The molecular formula is C19H23F3N2O5. The van der Waals surface area contributed by atoms with E-state index in [1.807, 2.05) is 6.92 Å². The third-order valence-electron chi connectivity index (χ3n) is 4.31. The minimum atomic E-state index is -4.57. The number of nitrogens with zero attached hydrogens (tertiary/aromatic N) is 1. The van der Waals surface area contributed by atoms with Gasteiger partial charge in [0.05, 0.1) is 12.2 Å². The predicted molar refractivity (Wildman–Crippen MR) is 97.3 cm³/mol. The highest BCUT2D eigenvalue weighted by molar-refractivity contribution is 5.94. The maximum atomic E-state index is 12.4. The predicted octanol–water partition coefficient (Wildman–Crippen LogP) is 3.60. The number of carbonyl (C=O) groups is 3. The lowest BCUT2D eigenvalue weighted by atomic mass is 9.96. The average molecular weight is 416 g/mol. The SMILES string of the molecule is CCCOC(=O)c1ccc(NC(=O)C2CCN(C(=O)OCC(F)(F)F)CC2)cc1. The van der Waals surface area contributed by atoms with Crippen molar-refractivity contribution in [2.24, 2.45) is 5.92 Å². The number of amides is 2. The van der Waals surface area contributed by atoms with Gasteiger partial charge in [-0.2, -0.15) is 13.2 Å². The molecule has 2 amide bonds. The second-order valence-corrected chi connectivity index (χ2v) is 6.63. The van der Waals surface area contributed by atoms with Gasteiger partial charge in [0, 0.05) is 24.7 Å². The number of ether oxygens (including phenoxy) is 2. The van der Waals surface area contributed by atoms with Crippen molar-refractivity contribution in [3.05, 3.63) is 29.8 Å². The molecule has 0 atom stereocenters. The summed E-state index contributed by atoms with van der Waals surface area (Å²) in [7, 11) is 0. The minimum absolute atomic E-state index is 0.136. The van der Waals surface area contributed by atoms with Gasteiger partial charge in [-0.1, -0.05) is 6.92 Å². The van der Waals surface area contributed by atoms with Crippen LogP contribution in [-0.4, -0.2) is 55.3 Å². The molecule has 0 saturated carbocycles. The maximum absolute atomic E-state index is 12.4. The zero-order valence-electron chi connectivity index (χ0n) is 16.0. The van der Waals surface area contributed by atoms with E-state index in [-0.39, 0.29) is 24.9 Å². The maximum Gasteiger partial charge on any atom is 0.422 e. The molecule has 2 rings (SSSR count). The number of rotatable bonds is 6. The van der Waals surface area contributed by atoms with Crippen LogP contribution in [0.3, 0.4) is 0 Å². The number of esters is 1. The molecule has 1 aliphatic rings. The molecule has 1 aromatic carbocycles. The summed E-state index contributed by atoms with van der Waals surface area (Å²) in [5.74, 6) is -1.07. The number of benzene rings is 1. The normalized spacial score (nSPS) is 15.0. The van der Waals surface area contributed by atoms with Gasteiger partial charge in [-0.05, 0) is 43.5 Å². The molecule has 29 heavy (non-hydrogen) atoms. The molecule has 1 heterocycles. The van der Waals surface area contributed by atoms with Crippen molar-refractivity contribution >= 4 is 23.7 Å². The molecule has 1 aliphatic heterocycles. The summed E-state index contributed by atoms with van der Waals surface area (Å²) in [6.07, 6.45) is -4.26. The smallest absolute Gasteiger partial charge is 0.422 e. The van der Waals surface area contributed by atoms with Crippen molar-refractivity contribution in [3.63, 3.8) is 0 Å². The number of anilines is 1. The Kier molecular flexibility index (Phi) is 7.86. The Hall–Kier alpha value is -2.78. The number of nitrogens with one attached hydrogen (secondary N) is 1. The molecule has 7 nitrogen and oxygen atoms in total. The first-order valence-electron chi connectivity index (χ1n) is 9.26. The lowest BCUT2D eigenvalue weighted by Crippen LogP contribution is -2.42. The van der Waals surface area contributed by atoms with Gasteiger partial charge in [-0.25, -0.2) is 9.59 Å². The molecule has 160 valence electrons. The Morgan fingerprint density at radius 3 is 2.28 bits per heavy atom. The van der Waals surface area contributed by atoms with Crippen LogP contribution in [0.25, 0.3) is 0 Å². The second kappa shape index (κ2) is 10.1. The first kappa shape index (κ1) is 22.5. The van der Waals surface area contributed by atoms with E-state index in [0.29, 0.717) is 30.7 Å². The van der Waals surface area contributed by atoms with Crippen LogP contribution in [0.15, 0.2) is 24.3 Å². The molecule has 0 spiro atoms. The molecular weight excluding hydrogens is 393 g/mol. The van der Waals surface area contributed by atoms with E-state index in [9.17, 15) is 27.6 Å². The number of carbonyl (C=O) groups excluding carboxylic acids is 3. The molecule has 0 bridgehead atoms. The number of hydrogen-bond acceptors (Lipinski definition) is 5. The van der Waals surface area contributed by atoms with Gasteiger partial charge in [-0.3, -0.25) is 4.79 Å². The third kappa shape index (κ3) is 7.28. The Bertz CT molecular complexity index is 714.